The highest BCUT2D eigenvalue weighted by Gasteiger charge is 2.39. The quantitative estimate of drug-likeness (QED) is 0.0852. The summed E-state index contributed by atoms with van der Waals surface area (Å²) in [6.45, 7) is 12.9. The molecule has 0 bridgehead atoms. The number of hydrogen-bond acceptors (Lipinski definition) is 5. The van der Waals surface area contributed by atoms with Crippen molar-refractivity contribution in [1.82, 2.24) is 15.5 Å². The Balaban J connectivity index is 1.53. The van der Waals surface area contributed by atoms with Crippen LogP contribution < -0.4 is 10.6 Å². The lowest BCUT2D eigenvalue weighted by molar-refractivity contribution is -0.276. The molecule has 0 radical (unpaired) electrons. The van der Waals surface area contributed by atoms with Crippen molar-refractivity contribution in [3.05, 3.63) is 95.1 Å². The van der Waals surface area contributed by atoms with Crippen LogP contribution in [0.4, 0.5) is 4.79 Å². The summed E-state index contributed by atoms with van der Waals surface area (Å²) in [6.07, 6.45) is 14.9. The molecule has 0 saturated carbocycles. The second-order valence-electron chi connectivity index (χ2n) is 14.7. The summed E-state index contributed by atoms with van der Waals surface area (Å²) < 4.78 is 13.8. The van der Waals surface area contributed by atoms with Crippen molar-refractivity contribution in [1.29, 1.82) is 0 Å². The van der Waals surface area contributed by atoms with Crippen molar-refractivity contribution in [2.24, 2.45) is 5.92 Å². The Kier molecular flexibility index (Phi) is 18.7. The van der Waals surface area contributed by atoms with Gasteiger partial charge in [0.05, 0.1) is 18.8 Å². The number of carbonyl (C=O) groups excluding carboxylic acids is 1. The third-order valence-corrected chi connectivity index (χ3v) is 10.5. The van der Waals surface area contributed by atoms with Crippen LogP contribution in [0.25, 0.3) is 11.1 Å². The van der Waals surface area contributed by atoms with Gasteiger partial charge in [0.15, 0.2) is 6.29 Å². The molecule has 1 fully saturated rings. The summed E-state index contributed by atoms with van der Waals surface area (Å²) in [5.74, 6) is 0.149. The van der Waals surface area contributed by atoms with Gasteiger partial charge in [0, 0.05) is 31.1 Å². The van der Waals surface area contributed by atoms with E-state index in [1.54, 1.807) is 0 Å². The van der Waals surface area contributed by atoms with Gasteiger partial charge in [-0.25, -0.2) is 4.79 Å². The number of carbonyl (C=O) groups is 1. The topological polar surface area (TPSA) is 83.1 Å². The molecule has 0 aromatic heterocycles. The predicted octanol–water partition coefficient (Wildman–Crippen LogP) is 10.5. The predicted molar refractivity (Wildman–Crippen MR) is 214 cm³/mol. The van der Waals surface area contributed by atoms with Crippen molar-refractivity contribution in [2.45, 2.75) is 136 Å². The highest BCUT2D eigenvalue weighted by Crippen LogP contribution is 2.42. The first-order valence-electron chi connectivity index (χ1n) is 20.4. The van der Waals surface area contributed by atoms with Crippen LogP contribution in [0.1, 0.15) is 139 Å². The third-order valence-electron chi connectivity index (χ3n) is 10.5. The van der Waals surface area contributed by atoms with Crippen molar-refractivity contribution >= 4 is 6.03 Å². The van der Waals surface area contributed by atoms with E-state index in [1.807, 2.05) is 31.2 Å². The second-order valence-corrected chi connectivity index (χ2v) is 14.7. The molecule has 7 heteroatoms. The first-order valence-corrected chi connectivity index (χ1v) is 20.4. The Morgan fingerprint density at radius 3 is 1.92 bits per heavy atom. The lowest BCUT2D eigenvalue weighted by Crippen LogP contribution is -2.45. The Morgan fingerprint density at radius 1 is 0.712 bits per heavy atom. The minimum absolute atomic E-state index is 0.00203. The van der Waals surface area contributed by atoms with E-state index in [0.717, 1.165) is 53.0 Å². The van der Waals surface area contributed by atoms with Gasteiger partial charge >= 0.3 is 6.03 Å². The molecule has 4 rings (SSSR count). The van der Waals surface area contributed by atoms with Crippen LogP contribution in [0, 0.1) is 5.92 Å². The first-order chi connectivity index (χ1) is 25.5. The number of hydrogen-bond donors (Lipinski definition) is 3. The molecule has 0 aliphatic carbocycles. The first kappa shape index (κ1) is 41.5. The highest BCUT2D eigenvalue weighted by atomic mass is 16.7. The average Bonchev–Trinajstić information content (AvgIpc) is 3.17. The molecule has 1 aliphatic rings. The molecule has 0 spiro atoms. The maximum atomic E-state index is 12.1. The molecule has 286 valence electrons. The SMILES string of the molecule is CCCCCCCCN(CCCCCCCC)C[C@H]1O[C@@H](c2ccc(-c3ccccc3CNC(=O)NCC)cc2)O[C@@H](c2ccc(CO)cc2)[C@H]1C. The van der Waals surface area contributed by atoms with Crippen molar-refractivity contribution < 1.29 is 19.4 Å². The monoisotopic (exact) mass is 714 g/mol. The molecule has 3 aromatic rings. The number of ether oxygens (including phenoxy) is 2. The van der Waals surface area contributed by atoms with Crippen LogP contribution >= 0.6 is 0 Å². The fourth-order valence-electron chi connectivity index (χ4n) is 7.28. The van der Waals surface area contributed by atoms with E-state index in [-0.39, 0.29) is 30.8 Å². The van der Waals surface area contributed by atoms with Gasteiger partial charge in [-0.15, -0.1) is 0 Å². The largest absolute Gasteiger partial charge is 0.392 e. The number of nitrogens with zero attached hydrogens (tertiary/aromatic N) is 1. The van der Waals surface area contributed by atoms with E-state index in [4.69, 9.17) is 9.47 Å². The molecule has 1 heterocycles. The molecule has 1 saturated heterocycles. The summed E-state index contributed by atoms with van der Waals surface area (Å²) in [7, 11) is 0. The average molecular weight is 714 g/mol. The minimum Gasteiger partial charge on any atom is -0.392 e. The molecular weight excluding hydrogens is 647 g/mol. The van der Waals surface area contributed by atoms with Gasteiger partial charge in [-0.3, -0.25) is 0 Å². The van der Waals surface area contributed by atoms with Crippen molar-refractivity contribution in [3.8, 4) is 11.1 Å². The smallest absolute Gasteiger partial charge is 0.315 e. The van der Waals surface area contributed by atoms with Gasteiger partial charge in [0.25, 0.3) is 0 Å². The Bertz CT molecular complexity index is 1400. The van der Waals surface area contributed by atoms with Gasteiger partial charge in [0.1, 0.15) is 0 Å². The number of nitrogens with one attached hydrogen (secondary N) is 2. The van der Waals surface area contributed by atoms with Crippen LogP contribution in [0.3, 0.4) is 0 Å². The zero-order chi connectivity index (χ0) is 37.0. The van der Waals surface area contributed by atoms with Crippen molar-refractivity contribution in [2.75, 3.05) is 26.2 Å². The van der Waals surface area contributed by atoms with E-state index >= 15 is 0 Å². The normalized spacial score (nSPS) is 18.8. The van der Waals surface area contributed by atoms with E-state index in [1.165, 1.54) is 77.0 Å². The van der Waals surface area contributed by atoms with Crippen LogP contribution in [-0.4, -0.2) is 48.3 Å². The molecule has 7 nitrogen and oxygen atoms in total. The summed E-state index contributed by atoms with van der Waals surface area (Å²) in [5.41, 5.74) is 6.24. The Labute approximate surface area is 314 Å². The number of rotatable bonds is 23. The maximum Gasteiger partial charge on any atom is 0.315 e. The van der Waals surface area contributed by atoms with Crippen molar-refractivity contribution in [3.63, 3.8) is 0 Å². The van der Waals surface area contributed by atoms with Gasteiger partial charge in [-0.2, -0.15) is 0 Å². The third kappa shape index (κ3) is 13.3. The lowest BCUT2D eigenvalue weighted by atomic mass is 9.89. The molecule has 1 aliphatic heterocycles. The minimum atomic E-state index is -0.502. The van der Waals surface area contributed by atoms with E-state index in [0.29, 0.717) is 13.1 Å². The number of urea groups is 1. The highest BCUT2D eigenvalue weighted by molar-refractivity contribution is 5.74. The Morgan fingerprint density at radius 2 is 1.31 bits per heavy atom. The molecule has 0 unspecified atom stereocenters. The number of aliphatic hydroxyl groups is 1. The lowest BCUT2D eigenvalue weighted by Gasteiger charge is -2.43. The van der Waals surface area contributed by atoms with Gasteiger partial charge in [-0.05, 0) is 60.7 Å². The maximum absolute atomic E-state index is 12.1. The zero-order valence-corrected chi connectivity index (χ0v) is 32.6. The fraction of sp³-hybridized carbons (Fsp3) is 0.578. The van der Waals surface area contributed by atoms with E-state index in [9.17, 15) is 9.90 Å². The van der Waals surface area contributed by atoms with Crippen LogP contribution in [0.5, 0.6) is 0 Å². The summed E-state index contributed by atoms with van der Waals surface area (Å²) >= 11 is 0. The van der Waals surface area contributed by atoms with E-state index in [2.05, 4.69) is 84.8 Å². The fourth-order valence-corrected chi connectivity index (χ4v) is 7.28. The Hall–Kier alpha value is -3.23. The molecule has 3 N–H and O–H groups in total. The van der Waals surface area contributed by atoms with E-state index < -0.39 is 6.29 Å². The number of benzene rings is 3. The molecule has 2 amide bonds. The number of unbranched alkanes of at least 4 members (excludes halogenated alkanes) is 10. The molecular formula is C45H67N3O4. The van der Waals surface area contributed by atoms with Gasteiger partial charge in [-0.1, -0.05) is 158 Å². The zero-order valence-electron chi connectivity index (χ0n) is 32.6. The van der Waals surface area contributed by atoms with Gasteiger partial charge in [0.2, 0.25) is 0 Å². The molecule has 3 aromatic carbocycles. The van der Waals surface area contributed by atoms with Gasteiger partial charge < -0.3 is 30.1 Å². The number of aliphatic hydroxyl groups excluding tert-OH is 1. The van der Waals surface area contributed by atoms with Crippen LogP contribution in [0.2, 0.25) is 0 Å². The summed E-state index contributed by atoms with van der Waals surface area (Å²) in [4.78, 5) is 14.8. The summed E-state index contributed by atoms with van der Waals surface area (Å²) in [6, 6.07) is 24.8. The molecule has 52 heavy (non-hydrogen) atoms. The van der Waals surface area contributed by atoms with Crippen LogP contribution in [-0.2, 0) is 22.6 Å². The standard InChI is InChI=1S/C45H67N3O4/c1-5-8-10-12-14-18-30-48(31-19-15-13-11-9-6-2)33-42-35(4)43(38-24-22-36(34-49)23-25-38)52-44(51-42)39-28-26-37(27-29-39)41-21-17-16-20-40(41)32-47-45(50)46-7-3/h16-17,20-29,35,42-44,49H,5-15,18-19,30-34H2,1-4H3,(H2,46,47,50)/t35-,42+,43+,44+/m0/s1. The summed E-state index contributed by atoms with van der Waals surface area (Å²) in [5, 5.41) is 15.5. The van der Waals surface area contributed by atoms with Crippen LogP contribution in [0.15, 0.2) is 72.8 Å². The molecule has 4 atom stereocenters. The number of amides is 2. The second kappa shape index (κ2) is 23.4.